The highest BCUT2D eigenvalue weighted by molar-refractivity contribution is 5.44. The summed E-state index contributed by atoms with van der Waals surface area (Å²) >= 11 is 0. The summed E-state index contributed by atoms with van der Waals surface area (Å²) in [6, 6.07) is 0. The molecule has 0 aliphatic heterocycles. The molecule has 0 bridgehead atoms. The van der Waals surface area contributed by atoms with Crippen LogP contribution in [0.25, 0.3) is 0 Å². The fourth-order valence-corrected chi connectivity index (χ4v) is 0.0962. The van der Waals surface area contributed by atoms with Gasteiger partial charge >= 0.3 is 0 Å². The summed E-state index contributed by atoms with van der Waals surface area (Å²) in [6.45, 7) is 3.28. The van der Waals surface area contributed by atoms with Crippen molar-refractivity contribution in [3.8, 4) is 0 Å². The highest BCUT2D eigenvalue weighted by Gasteiger charge is 1.87. The van der Waals surface area contributed by atoms with Gasteiger partial charge in [-0.1, -0.05) is 0 Å². The Balaban J connectivity index is 0. The minimum atomic E-state index is -0.0648. The predicted octanol–water partition coefficient (Wildman–Crippen LogP) is 0.830. The molecule has 0 amide bonds. The molecule has 56 valence electrons. The summed E-state index contributed by atoms with van der Waals surface area (Å²) in [6.07, 6.45) is 0.685. The van der Waals surface area contributed by atoms with E-state index in [1.54, 1.807) is 14.2 Å². The van der Waals surface area contributed by atoms with Crippen molar-refractivity contribution in [3.63, 3.8) is 0 Å². The molecular weight excluding hydrogens is 120 g/mol. The van der Waals surface area contributed by atoms with Gasteiger partial charge in [0.2, 0.25) is 0 Å². The van der Waals surface area contributed by atoms with Crippen molar-refractivity contribution in [1.29, 1.82) is 0 Å². The maximum Gasteiger partial charge on any atom is 0.154 e. The van der Waals surface area contributed by atoms with Crippen LogP contribution in [0.5, 0.6) is 0 Å². The lowest BCUT2D eigenvalue weighted by molar-refractivity contribution is -0.106. The Morgan fingerprint density at radius 1 is 1.33 bits per heavy atom. The average molecular weight is 134 g/mol. The van der Waals surface area contributed by atoms with Crippen LogP contribution < -0.4 is 0 Å². The second-order valence-electron chi connectivity index (χ2n) is 1.27. The third-order valence-corrected chi connectivity index (χ3v) is 0.664. The quantitative estimate of drug-likeness (QED) is 0.414. The Morgan fingerprint density at radius 2 is 1.56 bits per heavy atom. The SMILES string of the molecule is CC=O.COC(C)OC. The van der Waals surface area contributed by atoms with Crippen LogP contribution in [0.4, 0.5) is 0 Å². The summed E-state index contributed by atoms with van der Waals surface area (Å²) in [7, 11) is 3.21. The van der Waals surface area contributed by atoms with E-state index in [-0.39, 0.29) is 6.29 Å². The molecule has 3 heteroatoms. The zero-order valence-electron chi connectivity index (χ0n) is 6.38. The summed E-state index contributed by atoms with van der Waals surface area (Å²) in [4.78, 5) is 8.81. The second kappa shape index (κ2) is 10.5. The van der Waals surface area contributed by atoms with Gasteiger partial charge in [-0.3, -0.25) is 0 Å². The van der Waals surface area contributed by atoms with Crippen molar-refractivity contribution in [1.82, 2.24) is 0 Å². The molecule has 0 aromatic rings. The fourth-order valence-electron chi connectivity index (χ4n) is 0.0962. The second-order valence-corrected chi connectivity index (χ2v) is 1.27. The number of methoxy groups -OCH3 is 2. The van der Waals surface area contributed by atoms with E-state index in [9.17, 15) is 0 Å². The number of hydrogen-bond donors (Lipinski definition) is 0. The summed E-state index contributed by atoms with van der Waals surface area (Å²) in [5.74, 6) is 0. The highest BCUT2D eigenvalue weighted by Crippen LogP contribution is 1.82. The molecule has 0 N–H and O–H groups in total. The van der Waals surface area contributed by atoms with Crippen LogP contribution in [0.3, 0.4) is 0 Å². The Labute approximate surface area is 56.0 Å². The minimum absolute atomic E-state index is 0.0648. The van der Waals surface area contributed by atoms with Crippen LogP contribution >= 0.6 is 0 Å². The predicted molar refractivity (Wildman–Crippen MR) is 35.2 cm³/mol. The van der Waals surface area contributed by atoms with Gasteiger partial charge in [0.15, 0.2) is 6.29 Å². The molecule has 0 radical (unpaired) electrons. The van der Waals surface area contributed by atoms with E-state index in [4.69, 9.17) is 4.79 Å². The number of rotatable bonds is 2. The summed E-state index contributed by atoms with van der Waals surface area (Å²) in [5.41, 5.74) is 0. The van der Waals surface area contributed by atoms with Crippen molar-refractivity contribution < 1.29 is 14.3 Å². The standard InChI is InChI=1S/C4H10O2.C2H4O/c1-4(5-2)6-3;1-2-3/h4H,1-3H3;2H,1H3. The Morgan fingerprint density at radius 3 is 1.56 bits per heavy atom. The van der Waals surface area contributed by atoms with Crippen LogP contribution in [0.15, 0.2) is 0 Å². The lowest BCUT2D eigenvalue weighted by atomic mass is 10.8. The average Bonchev–Trinajstić information content (AvgIpc) is 1.88. The van der Waals surface area contributed by atoms with Gasteiger partial charge in [0.1, 0.15) is 6.29 Å². The normalized spacial score (nSPS) is 8.11. The van der Waals surface area contributed by atoms with E-state index in [1.807, 2.05) is 6.92 Å². The van der Waals surface area contributed by atoms with E-state index in [0.29, 0.717) is 0 Å². The highest BCUT2D eigenvalue weighted by atomic mass is 16.7. The first-order valence-corrected chi connectivity index (χ1v) is 2.68. The number of hydrogen-bond acceptors (Lipinski definition) is 3. The molecule has 3 nitrogen and oxygen atoms in total. The molecule has 0 saturated carbocycles. The van der Waals surface area contributed by atoms with Crippen molar-refractivity contribution in [2.45, 2.75) is 20.1 Å². The van der Waals surface area contributed by atoms with Gasteiger partial charge in [-0.05, 0) is 13.8 Å². The molecule has 0 spiro atoms. The van der Waals surface area contributed by atoms with Crippen LogP contribution in [-0.4, -0.2) is 26.8 Å². The van der Waals surface area contributed by atoms with Gasteiger partial charge in [-0.25, -0.2) is 0 Å². The smallest absolute Gasteiger partial charge is 0.154 e. The first kappa shape index (κ1) is 11.4. The number of ether oxygens (including phenoxy) is 2. The molecule has 0 unspecified atom stereocenters. The number of aldehydes is 1. The van der Waals surface area contributed by atoms with Crippen LogP contribution in [-0.2, 0) is 14.3 Å². The molecule has 0 atom stereocenters. The monoisotopic (exact) mass is 134 g/mol. The first-order chi connectivity index (χ1) is 4.22. The van der Waals surface area contributed by atoms with Crippen LogP contribution in [0, 0.1) is 0 Å². The van der Waals surface area contributed by atoms with Gasteiger partial charge in [0.05, 0.1) is 0 Å². The summed E-state index contributed by atoms with van der Waals surface area (Å²) < 4.78 is 9.35. The molecule has 0 aromatic carbocycles. The Hall–Kier alpha value is -0.410. The maximum atomic E-state index is 8.81. The fraction of sp³-hybridized carbons (Fsp3) is 0.833. The molecular formula is C6H14O3. The van der Waals surface area contributed by atoms with Gasteiger partial charge in [0, 0.05) is 14.2 Å². The van der Waals surface area contributed by atoms with E-state index in [1.165, 1.54) is 6.92 Å². The van der Waals surface area contributed by atoms with Crippen molar-refractivity contribution in [2.24, 2.45) is 0 Å². The molecule has 0 aliphatic rings. The molecule has 0 aromatic heterocycles. The molecule has 0 fully saturated rings. The number of carbonyl (C=O) groups excluding carboxylic acids is 1. The lowest BCUT2D eigenvalue weighted by Gasteiger charge is -2.03. The van der Waals surface area contributed by atoms with Crippen molar-refractivity contribution >= 4 is 6.29 Å². The van der Waals surface area contributed by atoms with E-state index >= 15 is 0 Å². The van der Waals surface area contributed by atoms with Crippen LogP contribution in [0.2, 0.25) is 0 Å². The summed E-state index contributed by atoms with van der Waals surface area (Å²) in [5, 5.41) is 0. The van der Waals surface area contributed by atoms with Gasteiger partial charge in [0.25, 0.3) is 0 Å². The third kappa shape index (κ3) is 18.4. The number of carbonyl (C=O) groups is 1. The zero-order chi connectivity index (χ0) is 7.70. The molecule has 0 aliphatic carbocycles. The van der Waals surface area contributed by atoms with Gasteiger partial charge in [-0.15, -0.1) is 0 Å². The zero-order valence-corrected chi connectivity index (χ0v) is 6.38. The van der Waals surface area contributed by atoms with Crippen molar-refractivity contribution in [2.75, 3.05) is 14.2 Å². The van der Waals surface area contributed by atoms with E-state index in [0.717, 1.165) is 6.29 Å². The minimum Gasteiger partial charge on any atom is -0.356 e. The van der Waals surface area contributed by atoms with E-state index < -0.39 is 0 Å². The Kier molecular flexibility index (Phi) is 13.4. The molecule has 0 heterocycles. The van der Waals surface area contributed by atoms with Crippen molar-refractivity contribution in [3.05, 3.63) is 0 Å². The lowest BCUT2D eigenvalue weighted by Crippen LogP contribution is -2.05. The maximum absolute atomic E-state index is 8.81. The van der Waals surface area contributed by atoms with Crippen LogP contribution in [0.1, 0.15) is 13.8 Å². The third-order valence-electron chi connectivity index (χ3n) is 0.664. The molecule has 0 saturated heterocycles. The van der Waals surface area contributed by atoms with E-state index in [2.05, 4.69) is 9.47 Å². The molecule has 0 rings (SSSR count). The Bertz CT molecular complexity index is 50.3. The van der Waals surface area contributed by atoms with Gasteiger partial charge < -0.3 is 14.3 Å². The first-order valence-electron chi connectivity index (χ1n) is 2.68. The largest absolute Gasteiger partial charge is 0.356 e. The topological polar surface area (TPSA) is 35.5 Å². The molecule has 9 heavy (non-hydrogen) atoms. The van der Waals surface area contributed by atoms with Gasteiger partial charge in [-0.2, -0.15) is 0 Å².